The minimum absolute atomic E-state index is 0.367. The van der Waals surface area contributed by atoms with Gasteiger partial charge >= 0.3 is 6.09 Å². The SMILES string of the molecule is Cc1ccc2c(cnn2C)c1-c1ccc(NC(=O)C(C)N(C)C(=O)OC(C)(C)C)nc1C#C[Si](C(C)C)(C(C)C)C(C)C. The molecule has 0 fully saturated rings. The molecule has 1 aromatic carbocycles. The Morgan fingerprint density at radius 2 is 1.60 bits per heavy atom. The average Bonchev–Trinajstić information content (AvgIpc) is 3.27. The summed E-state index contributed by atoms with van der Waals surface area (Å²) in [5.41, 5.74) is 9.18. The van der Waals surface area contributed by atoms with Gasteiger partial charge in [0.1, 0.15) is 31.2 Å². The van der Waals surface area contributed by atoms with Crippen LogP contribution in [0.5, 0.6) is 0 Å². The number of benzene rings is 1. The maximum atomic E-state index is 13.3. The molecule has 0 aliphatic heterocycles. The fourth-order valence-corrected chi connectivity index (χ4v) is 11.2. The van der Waals surface area contributed by atoms with Gasteiger partial charge in [0.15, 0.2) is 0 Å². The third kappa shape index (κ3) is 7.12. The summed E-state index contributed by atoms with van der Waals surface area (Å²) in [6.07, 6.45) is 1.32. The zero-order valence-electron chi connectivity index (χ0n) is 28.2. The van der Waals surface area contributed by atoms with Gasteiger partial charge < -0.3 is 10.1 Å². The van der Waals surface area contributed by atoms with Crippen LogP contribution in [-0.2, 0) is 16.6 Å². The van der Waals surface area contributed by atoms with Crippen LogP contribution in [0.2, 0.25) is 16.6 Å². The Hall–Kier alpha value is -3.64. The molecular formula is C34H49N5O3Si. The summed E-state index contributed by atoms with van der Waals surface area (Å²) < 4.78 is 7.31. The molecule has 1 N–H and O–H groups in total. The first-order valence-electron chi connectivity index (χ1n) is 15.1. The summed E-state index contributed by atoms with van der Waals surface area (Å²) in [6, 6.07) is 7.17. The van der Waals surface area contributed by atoms with Crippen molar-refractivity contribution in [3.8, 4) is 22.6 Å². The Morgan fingerprint density at radius 3 is 2.16 bits per heavy atom. The van der Waals surface area contributed by atoms with Crippen molar-refractivity contribution in [2.24, 2.45) is 7.05 Å². The standard InChI is InChI=1S/C34H49N5O3Si/c1-21(2)43(22(3)4,23(5)6)19-18-28-26(31-24(7)14-16-29-27(31)20-35-39(29)13)15-17-30(36-28)37-32(40)25(8)38(12)33(41)42-34(9,10)11/h14-17,20-23,25H,1-13H3,(H,36,37,40). The summed E-state index contributed by atoms with van der Waals surface area (Å²) in [5, 5.41) is 8.44. The lowest BCUT2D eigenvalue weighted by molar-refractivity contribution is -0.120. The van der Waals surface area contributed by atoms with E-state index < -0.39 is 25.8 Å². The van der Waals surface area contributed by atoms with E-state index in [2.05, 4.69) is 82.5 Å². The highest BCUT2D eigenvalue weighted by molar-refractivity contribution is 6.90. The number of carbonyl (C=O) groups excluding carboxylic acids is 2. The molecule has 8 nitrogen and oxygen atoms in total. The lowest BCUT2D eigenvalue weighted by Crippen LogP contribution is -2.45. The quantitative estimate of drug-likeness (QED) is 0.221. The van der Waals surface area contributed by atoms with Crippen LogP contribution in [0.25, 0.3) is 22.0 Å². The number of nitrogens with zero attached hydrogens (tertiary/aromatic N) is 4. The number of carbonyl (C=O) groups is 2. The van der Waals surface area contributed by atoms with Gasteiger partial charge in [0.25, 0.3) is 0 Å². The van der Waals surface area contributed by atoms with Gasteiger partial charge in [-0.3, -0.25) is 14.4 Å². The number of anilines is 1. The predicted octanol–water partition coefficient (Wildman–Crippen LogP) is 7.71. The molecule has 3 rings (SSSR count). The molecule has 0 bridgehead atoms. The summed E-state index contributed by atoms with van der Waals surface area (Å²) in [4.78, 5) is 32.1. The zero-order valence-corrected chi connectivity index (χ0v) is 29.2. The zero-order chi connectivity index (χ0) is 32.4. The number of likely N-dealkylation sites (N-methyl/N-ethyl adjacent to an activating group) is 1. The minimum atomic E-state index is -2.07. The summed E-state index contributed by atoms with van der Waals surface area (Å²) in [6.45, 7) is 22.8. The smallest absolute Gasteiger partial charge is 0.410 e. The highest BCUT2D eigenvalue weighted by Gasteiger charge is 2.41. The Bertz CT molecular complexity index is 1530. The molecular weight excluding hydrogens is 554 g/mol. The van der Waals surface area contributed by atoms with Gasteiger partial charge in [-0.15, -0.1) is 5.54 Å². The maximum Gasteiger partial charge on any atom is 0.410 e. The molecule has 2 aromatic heterocycles. The molecule has 0 radical (unpaired) electrons. The van der Waals surface area contributed by atoms with Crippen molar-refractivity contribution in [2.45, 2.75) is 104 Å². The van der Waals surface area contributed by atoms with E-state index in [1.807, 2.05) is 24.0 Å². The van der Waals surface area contributed by atoms with Gasteiger partial charge in [0.05, 0.1) is 11.7 Å². The number of aromatic nitrogens is 3. The number of pyridine rings is 1. The lowest BCUT2D eigenvalue weighted by atomic mass is 9.95. The van der Waals surface area contributed by atoms with Gasteiger partial charge in [-0.25, -0.2) is 9.78 Å². The number of hydrogen-bond acceptors (Lipinski definition) is 5. The molecule has 2 amide bonds. The van der Waals surface area contributed by atoms with E-state index in [0.717, 1.165) is 27.6 Å². The van der Waals surface area contributed by atoms with Crippen LogP contribution in [0.1, 0.15) is 80.5 Å². The van der Waals surface area contributed by atoms with Crippen LogP contribution in [0.3, 0.4) is 0 Å². The normalized spacial score (nSPS) is 12.8. The van der Waals surface area contributed by atoms with Gasteiger partial charge in [0, 0.05) is 25.0 Å². The fraction of sp³-hybridized carbons (Fsp3) is 0.529. The molecule has 0 saturated heterocycles. The third-order valence-corrected chi connectivity index (χ3v) is 14.8. The van der Waals surface area contributed by atoms with E-state index in [-0.39, 0.29) is 5.91 Å². The third-order valence-electron chi connectivity index (χ3n) is 8.46. The predicted molar refractivity (Wildman–Crippen MR) is 179 cm³/mol. The highest BCUT2D eigenvalue weighted by atomic mass is 28.3. The number of amides is 2. The van der Waals surface area contributed by atoms with Crippen molar-refractivity contribution >= 4 is 36.8 Å². The Labute approximate surface area is 258 Å². The molecule has 1 atom stereocenters. The van der Waals surface area contributed by atoms with Gasteiger partial charge in [-0.2, -0.15) is 5.10 Å². The molecule has 0 aliphatic rings. The number of aryl methyl sites for hydroxylation is 2. The summed E-state index contributed by atoms with van der Waals surface area (Å²) in [7, 11) is 1.41. The van der Waals surface area contributed by atoms with Gasteiger partial charge in [0.2, 0.25) is 5.91 Å². The maximum absolute atomic E-state index is 13.3. The number of hydrogen-bond donors (Lipinski definition) is 1. The van der Waals surface area contributed by atoms with Gasteiger partial charge in [-0.05, 0) is 80.6 Å². The molecule has 0 saturated carbocycles. The second-order valence-electron chi connectivity index (χ2n) is 13.5. The molecule has 232 valence electrons. The van der Waals surface area contributed by atoms with Gasteiger partial charge in [-0.1, -0.05) is 53.5 Å². The minimum Gasteiger partial charge on any atom is -0.444 e. The number of fused-ring (bicyclic) bond motifs is 1. The second-order valence-corrected chi connectivity index (χ2v) is 19.0. The van der Waals surface area contributed by atoms with Crippen molar-refractivity contribution in [1.82, 2.24) is 19.7 Å². The van der Waals surface area contributed by atoms with Crippen molar-refractivity contribution in [3.63, 3.8) is 0 Å². The van der Waals surface area contributed by atoms with E-state index in [0.29, 0.717) is 28.1 Å². The van der Waals surface area contributed by atoms with E-state index in [1.54, 1.807) is 40.8 Å². The first-order valence-corrected chi connectivity index (χ1v) is 17.4. The Balaban J connectivity index is 2.15. The summed E-state index contributed by atoms with van der Waals surface area (Å²) in [5.74, 6) is 3.55. The molecule has 0 aliphatic carbocycles. The first kappa shape index (κ1) is 33.9. The lowest BCUT2D eigenvalue weighted by Gasteiger charge is -2.38. The van der Waals surface area contributed by atoms with E-state index in [9.17, 15) is 9.59 Å². The van der Waals surface area contributed by atoms with E-state index in [1.165, 1.54) is 4.90 Å². The average molecular weight is 604 g/mol. The topological polar surface area (TPSA) is 89.4 Å². The van der Waals surface area contributed by atoms with Crippen LogP contribution < -0.4 is 5.32 Å². The van der Waals surface area contributed by atoms with Crippen LogP contribution >= 0.6 is 0 Å². The molecule has 43 heavy (non-hydrogen) atoms. The fourth-order valence-electron chi connectivity index (χ4n) is 6.02. The van der Waals surface area contributed by atoms with Crippen molar-refractivity contribution in [2.75, 3.05) is 12.4 Å². The largest absolute Gasteiger partial charge is 0.444 e. The van der Waals surface area contributed by atoms with Crippen LogP contribution in [0.4, 0.5) is 10.6 Å². The van der Waals surface area contributed by atoms with Crippen LogP contribution in [0.15, 0.2) is 30.5 Å². The van der Waals surface area contributed by atoms with Crippen LogP contribution in [0, 0.1) is 18.4 Å². The van der Waals surface area contributed by atoms with Crippen molar-refractivity contribution in [1.29, 1.82) is 0 Å². The molecule has 0 spiro atoms. The second kappa shape index (κ2) is 12.9. The summed E-state index contributed by atoms with van der Waals surface area (Å²) >= 11 is 0. The van der Waals surface area contributed by atoms with E-state index in [4.69, 9.17) is 9.72 Å². The monoisotopic (exact) mass is 603 g/mol. The Kier molecular flexibility index (Phi) is 10.2. The highest BCUT2D eigenvalue weighted by Crippen LogP contribution is 2.41. The number of ether oxygens (including phenoxy) is 1. The molecule has 3 aromatic rings. The first-order chi connectivity index (χ1) is 19.9. The molecule has 9 heteroatoms. The van der Waals surface area contributed by atoms with E-state index >= 15 is 0 Å². The molecule has 2 heterocycles. The van der Waals surface area contributed by atoms with Crippen LogP contribution in [-0.4, -0.2) is 58.4 Å². The van der Waals surface area contributed by atoms with Crippen molar-refractivity contribution in [3.05, 3.63) is 41.7 Å². The number of nitrogens with one attached hydrogen (secondary N) is 1. The Morgan fingerprint density at radius 1 is 1.00 bits per heavy atom. The van der Waals surface area contributed by atoms with Crippen molar-refractivity contribution < 1.29 is 14.3 Å². The molecule has 1 unspecified atom stereocenters. The number of rotatable bonds is 7.